The fourth-order valence-electron chi connectivity index (χ4n) is 2.18. The molecule has 0 unspecified atom stereocenters. The zero-order valence-electron chi connectivity index (χ0n) is 14.6. The van der Waals surface area contributed by atoms with Crippen molar-refractivity contribution in [1.82, 2.24) is 0 Å². The molecule has 0 fully saturated rings. The SMILES string of the molecule is COC(=O)c1cc(NC(=O)c2ccc(OC(F)(F)F)cc2)cc(C(=O)OC)c1. The number of nitrogens with one attached hydrogen (secondary N) is 1. The lowest BCUT2D eigenvalue weighted by Gasteiger charge is -2.11. The number of methoxy groups -OCH3 is 2. The summed E-state index contributed by atoms with van der Waals surface area (Å²) in [5.74, 6) is -2.65. The molecule has 148 valence electrons. The molecule has 0 saturated heterocycles. The number of esters is 2. The molecule has 2 aromatic carbocycles. The van der Waals surface area contributed by atoms with E-state index in [2.05, 4.69) is 19.5 Å². The van der Waals surface area contributed by atoms with Gasteiger partial charge < -0.3 is 19.5 Å². The van der Waals surface area contributed by atoms with E-state index >= 15 is 0 Å². The van der Waals surface area contributed by atoms with Gasteiger partial charge in [-0.15, -0.1) is 13.2 Å². The van der Waals surface area contributed by atoms with E-state index in [-0.39, 0.29) is 22.4 Å². The van der Waals surface area contributed by atoms with E-state index in [9.17, 15) is 27.6 Å². The summed E-state index contributed by atoms with van der Waals surface area (Å²) in [6.07, 6.45) is -4.84. The van der Waals surface area contributed by atoms with E-state index in [4.69, 9.17) is 0 Å². The minimum absolute atomic E-state index is 0.00498. The average Bonchev–Trinajstić information content (AvgIpc) is 2.65. The van der Waals surface area contributed by atoms with Gasteiger partial charge in [0.2, 0.25) is 0 Å². The van der Waals surface area contributed by atoms with Gasteiger partial charge in [0, 0.05) is 11.3 Å². The summed E-state index contributed by atoms with van der Waals surface area (Å²) < 4.78 is 49.4. The second-order valence-corrected chi connectivity index (χ2v) is 5.31. The summed E-state index contributed by atoms with van der Waals surface area (Å²) in [5.41, 5.74) is 0.103. The highest BCUT2D eigenvalue weighted by Gasteiger charge is 2.31. The molecule has 0 bridgehead atoms. The Balaban J connectivity index is 2.25. The number of ether oxygens (including phenoxy) is 3. The van der Waals surface area contributed by atoms with Gasteiger partial charge in [-0.1, -0.05) is 0 Å². The number of carbonyl (C=O) groups is 3. The number of hydrogen-bond donors (Lipinski definition) is 1. The van der Waals surface area contributed by atoms with Crippen LogP contribution >= 0.6 is 0 Å². The van der Waals surface area contributed by atoms with Crippen LogP contribution < -0.4 is 10.1 Å². The Morgan fingerprint density at radius 2 is 1.32 bits per heavy atom. The molecule has 2 rings (SSSR count). The molecule has 2 aromatic rings. The Morgan fingerprint density at radius 1 is 0.821 bits per heavy atom. The van der Waals surface area contributed by atoms with Gasteiger partial charge in [0.1, 0.15) is 5.75 Å². The van der Waals surface area contributed by atoms with Gasteiger partial charge in [-0.3, -0.25) is 4.79 Å². The van der Waals surface area contributed by atoms with E-state index in [1.807, 2.05) is 0 Å². The number of rotatable bonds is 5. The van der Waals surface area contributed by atoms with Crippen LogP contribution in [0, 0.1) is 0 Å². The molecular formula is C18H14F3NO6. The van der Waals surface area contributed by atoms with Crippen LogP contribution in [0.3, 0.4) is 0 Å². The van der Waals surface area contributed by atoms with Gasteiger partial charge >= 0.3 is 18.3 Å². The van der Waals surface area contributed by atoms with Crippen LogP contribution in [0.1, 0.15) is 31.1 Å². The van der Waals surface area contributed by atoms with Crippen LogP contribution in [0.25, 0.3) is 0 Å². The van der Waals surface area contributed by atoms with Crippen LogP contribution in [0.4, 0.5) is 18.9 Å². The van der Waals surface area contributed by atoms with E-state index < -0.39 is 30.0 Å². The molecule has 0 aliphatic rings. The molecule has 0 atom stereocenters. The van der Waals surface area contributed by atoms with Crippen LogP contribution in [0.2, 0.25) is 0 Å². The van der Waals surface area contributed by atoms with Gasteiger partial charge in [0.25, 0.3) is 5.91 Å². The minimum atomic E-state index is -4.84. The number of carbonyl (C=O) groups excluding carboxylic acids is 3. The Kier molecular flexibility index (Phi) is 6.24. The van der Waals surface area contributed by atoms with Crippen molar-refractivity contribution in [3.63, 3.8) is 0 Å². The third-order valence-corrected chi connectivity index (χ3v) is 3.38. The van der Waals surface area contributed by atoms with Crippen molar-refractivity contribution >= 4 is 23.5 Å². The van der Waals surface area contributed by atoms with Crippen molar-refractivity contribution in [2.45, 2.75) is 6.36 Å². The van der Waals surface area contributed by atoms with Crippen molar-refractivity contribution in [1.29, 1.82) is 0 Å². The lowest BCUT2D eigenvalue weighted by Crippen LogP contribution is -2.17. The van der Waals surface area contributed by atoms with Crippen molar-refractivity contribution in [3.05, 3.63) is 59.2 Å². The summed E-state index contributed by atoms with van der Waals surface area (Å²) in [7, 11) is 2.30. The Hall–Kier alpha value is -3.56. The van der Waals surface area contributed by atoms with E-state index in [1.54, 1.807) is 0 Å². The molecule has 0 heterocycles. The average molecular weight is 397 g/mol. The first-order valence-electron chi connectivity index (χ1n) is 7.62. The summed E-state index contributed by atoms with van der Waals surface area (Å²) in [5, 5.41) is 2.45. The molecule has 0 spiro atoms. The predicted molar refractivity (Wildman–Crippen MR) is 90.2 cm³/mol. The first-order chi connectivity index (χ1) is 13.1. The highest BCUT2D eigenvalue weighted by atomic mass is 19.4. The van der Waals surface area contributed by atoms with Crippen molar-refractivity contribution < 1.29 is 41.8 Å². The summed E-state index contributed by atoms with van der Waals surface area (Å²) in [6.45, 7) is 0. The molecule has 0 aliphatic carbocycles. The second kappa shape index (κ2) is 8.42. The largest absolute Gasteiger partial charge is 0.573 e. The van der Waals surface area contributed by atoms with E-state index in [0.29, 0.717) is 0 Å². The van der Waals surface area contributed by atoms with Crippen molar-refractivity contribution in [2.24, 2.45) is 0 Å². The third-order valence-electron chi connectivity index (χ3n) is 3.38. The summed E-state index contributed by atoms with van der Waals surface area (Å²) >= 11 is 0. The Bertz CT molecular complexity index is 859. The maximum Gasteiger partial charge on any atom is 0.573 e. The predicted octanol–water partition coefficient (Wildman–Crippen LogP) is 3.41. The normalized spacial score (nSPS) is 10.8. The minimum Gasteiger partial charge on any atom is -0.465 e. The quantitative estimate of drug-likeness (QED) is 0.778. The maximum atomic E-state index is 12.3. The lowest BCUT2D eigenvalue weighted by molar-refractivity contribution is -0.274. The third kappa shape index (κ3) is 5.47. The first-order valence-corrected chi connectivity index (χ1v) is 7.62. The Labute approximate surface area is 157 Å². The number of alkyl halides is 3. The number of halogens is 3. The maximum absolute atomic E-state index is 12.3. The zero-order valence-corrected chi connectivity index (χ0v) is 14.6. The summed E-state index contributed by atoms with van der Waals surface area (Å²) in [4.78, 5) is 35.8. The van der Waals surface area contributed by atoms with Crippen LogP contribution in [0.5, 0.6) is 5.75 Å². The van der Waals surface area contributed by atoms with Crippen LogP contribution in [-0.4, -0.2) is 38.4 Å². The molecule has 1 amide bonds. The highest BCUT2D eigenvalue weighted by molar-refractivity contribution is 6.06. The first kappa shape index (κ1) is 20.7. The second-order valence-electron chi connectivity index (χ2n) is 5.31. The number of anilines is 1. The number of amides is 1. The van der Waals surface area contributed by atoms with Gasteiger partial charge in [-0.05, 0) is 42.5 Å². The molecule has 0 radical (unpaired) electrons. The standard InChI is InChI=1S/C18H14F3NO6/c1-26-16(24)11-7-12(17(25)27-2)9-13(8-11)22-15(23)10-3-5-14(6-4-10)28-18(19,20)21/h3-9H,1-2H3,(H,22,23). The van der Waals surface area contributed by atoms with Gasteiger partial charge in [0.05, 0.1) is 25.3 Å². The molecule has 0 aromatic heterocycles. The fraction of sp³-hybridized carbons (Fsp3) is 0.167. The smallest absolute Gasteiger partial charge is 0.465 e. The molecule has 10 heteroatoms. The monoisotopic (exact) mass is 397 g/mol. The molecule has 0 aliphatic heterocycles. The molecular weight excluding hydrogens is 383 g/mol. The summed E-state index contributed by atoms with van der Waals surface area (Å²) in [6, 6.07) is 8.00. The van der Waals surface area contributed by atoms with Crippen molar-refractivity contribution in [2.75, 3.05) is 19.5 Å². The molecule has 28 heavy (non-hydrogen) atoms. The van der Waals surface area contributed by atoms with Crippen molar-refractivity contribution in [3.8, 4) is 5.75 Å². The Morgan fingerprint density at radius 3 is 1.75 bits per heavy atom. The topological polar surface area (TPSA) is 90.9 Å². The van der Waals surface area contributed by atoms with E-state index in [1.165, 1.54) is 18.2 Å². The van der Waals surface area contributed by atoms with Gasteiger partial charge in [-0.25, -0.2) is 9.59 Å². The van der Waals surface area contributed by atoms with Crippen LogP contribution in [-0.2, 0) is 9.47 Å². The van der Waals surface area contributed by atoms with Gasteiger partial charge in [-0.2, -0.15) is 0 Å². The van der Waals surface area contributed by atoms with E-state index in [0.717, 1.165) is 38.5 Å². The van der Waals surface area contributed by atoms with Crippen LogP contribution in [0.15, 0.2) is 42.5 Å². The molecule has 7 nitrogen and oxygen atoms in total. The zero-order chi connectivity index (χ0) is 20.9. The number of hydrogen-bond acceptors (Lipinski definition) is 6. The molecule has 1 N–H and O–H groups in total. The molecule has 0 saturated carbocycles. The number of benzene rings is 2. The fourth-order valence-corrected chi connectivity index (χ4v) is 2.18. The van der Waals surface area contributed by atoms with Gasteiger partial charge in [0.15, 0.2) is 0 Å². The lowest BCUT2D eigenvalue weighted by atomic mass is 10.1. The highest BCUT2D eigenvalue weighted by Crippen LogP contribution is 2.23.